The third kappa shape index (κ3) is 2.52. The Labute approximate surface area is 131 Å². The van der Waals surface area contributed by atoms with Crippen LogP contribution in [0, 0.1) is 13.8 Å². The van der Waals surface area contributed by atoms with Crippen LogP contribution in [0.4, 0.5) is 0 Å². The van der Waals surface area contributed by atoms with Gasteiger partial charge < -0.3 is 9.13 Å². The molecule has 4 aromatic rings. The van der Waals surface area contributed by atoms with Crippen molar-refractivity contribution in [3.05, 3.63) is 72.1 Å². The summed E-state index contributed by atoms with van der Waals surface area (Å²) in [5.41, 5.74) is 5.28. The lowest BCUT2D eigenvalue weighted by molar-refractivity contribution is 0.918. The zero-order chi connectivity index (χ0) is 15.7. The van der Waals surface area contributed by atoms with Crippen molar-refractivity contribution in [1.82, 2.24) is 9.13 Å². The first-order valence-corrected chi connectivity index (χ1v) is 7.59. The number of aromatic nitrogens is 2. The van der Waals surface area contributed by atoms with Gasteiger partial charge in [0.15, 0.2) is 0 Å². The molecule has 112 valence electrons. The molecule has 2 heterocycles. The average Bonchev–Trinajstić information content (AvgIpc) is 2.98. The lowest BCUT2D eigenvalue weighted by atomic mass is 10.2. The molecule has 0 fully saturated rings. The van der Waals surface area contributed by atoms with E-state index in [9.17, 15) is 0 Å². The minimum absolute atomic E-state index is 1.31. The predicted molar refractivity (Wildman–Crippen MR) is 95.3 cm³/mol. The molecule has 2 aromatic heterocycles. The Bertz CT molecular complexity index is 881. The van der Waals surface area contributed by atoms with Gasteiger partial charge in [-0.05, 0) is 43.0 Å². The summed E-state index contributed by atoms with van der Waals surface area (Å²) in [7, 11) is 4.17. The molecule has 0 aliphatic rings. The summed E-state index contributed by atoms with van der Waals surface area (Å²) in [5, 5.41) is 2.68. The van der Waals surface area contributed by atoms with E-state index in [1.165, 1.54) is 33.1 Å². The Morgan fingerprint density at radius 2 is 1.41 bits per heavy atom. The molecule has 2 aromatic carbocycles. The maximum atomic E-state index is 2.20. The van der Waals surface area contributed by atoms with Crippen LogP contribution in [0.15, 0.2) is 60.8 Å². The molecular weight excluding hydrogens is 268 g/mol. The van der Waals surface area contributed by atoms with E-state index < -0.39 is 0 Å². The number of fused-ring (bicyclic) bond motifs is 2. The zero-order valence-electron chi connectivity index (χ0n) is 13.7. The van der Waals surface area contributed by atoms with Crippen LogP contribution >= 0.6 is 0 Å². The predicted octanol–water partition coefficient (Wildman–Crippen LogP) is 4.97. The monoisotopic (exact) mass is 290 g/mol. The summed E-state index contributed by atoms with van der Waals surface area (Å²) >= 11 is 0. The summed E-state index contributed by atoms with van der Waals surface area (Å²) in [4.78, 5) is 0. The quantitative estimate of drug-likeness (QED) is 0.432. The molecule has 0 saturated carbocycles. The highest BCUT2D eigenvalue weighted by molar-refractivity contribution is 5.83. The first kappa shape index (κ1) is 14.5. The van der Waals surface area contributed by atoms with Gasteiger partial charge in [0.05, 0.1) is 0 Å². The fourth-order valence-electron chi connectivity index (χ4n) is 2.97. The highest BCUT2D eigenvalue weighted by Crippen LogP contribution is 2.18. The molecule has 0 spiro atoms. The molecule has 0 unspecified atom stereocenters. The van der Waals surface area contributed by atoms with Crippen molar-refractivity contribution in [3.8, 4) is 0 Å². The van der Waals surface area contributed by atoms with Gasteiger partial charge >= 0.3 is 0 Å². The Balaban J connectivity index is 0.000000131. The Morgan fingerprint density at radius 1 is 0.773 bits per heavy atom. The van der Waals surface area contributed by atoms with Crippen LogP contribution in [0.1, 0.15) is 11.3 Å². The van der Waals surface area contributed by atoms with Gasteiger partial charge in [0.2, 0.25) is 0 Å². The third-order valence-corrected chi connectivity index (χ3v) is 4.29. The van der Waals surface area contributed by atoms with Crippen LogP contribution < -0.4 is 0 Å². The van der Waals surface area contributed by atoms with Crippen LogP contribution in [0.25, 0.3) is 21.8 Å². The van der Waals surface area contributed by atoms with Crippen molar-refractivity contribution in [2.45, 2.75) is 13.8 Å². The molecule has 0 aliphatic heterocycles. The molecule has 4 rings (SSSR count). The average molecular weight is 290 g/mol. The van der Waals surface area contributed by atoms with E-state index in [0.717, 1.165) is 0 Å². The summed E-state index contributed by atoms with van der Waals surface area (Å²) in [6.07, 6.45) is 2.16. The minimum atomic E-state index is 1.31. The van der Waals surface area contributed by atoms with E-state index in [-0.39, 0.29) is 0 Å². The van der Waals surface area contributed by atoms with E-state index in [4.69, 9.17) is 0 Å². The standard InChI is InChI=1S/2C10H11N/c1-8-7-11(2)10-6-4-3-5-9(8)10;1-8-7-9-5-3-4-6-10(9)11(8)2/h2*3-7H,1-2H3. The molecule has 0 radical (unpaired) electrons. The summed E-state index contributed by atoms with van der Waals surface area (Å²) < 4.78 is 4.36. The number of benzene rings is 2. The number of hydrogen-bond acceptors (Lipinski definition) is 0. The van der Waals surface area contributed by atoms with Gasteiger partial charge in [-0.1, -0.05) is 36.4 Å². The van der Waals surface area contributed by atoms with Gasteiger partial charge in [0, 0.05) is 42.4 Å². The molecule has 0 atom stereocenters. The van der Waals surface area contributed by atoms with Crippen LogP contribution in [-0.4, -0.2) is 9.13 Å². The Hall–Kier alpha value is -2.48. The van der Waals surface area contributed by atoms with Crippen LogP contribution in [0.5, 0.6) is 0 Å². The van der Waals surface area contributed by atoms with E-state index in [0.29, 0.717) is 0 Å². The fraction of sp³-hybridized carbons (Fsp3) is 0.200. The molecule has 2 heteroatoms. The number of hydrogen-bond donors (Lipinski definition) is 0. The second-order valence-corrected chi connectivity index (χ2v) is 5.84. The first-order chi connectivity index (χ1) is 10.6. The third-order valence-electron chi connectivity index (χ3n) is 4.29. The van der Waals surface area contributed by atoms with E-state index in [1.807, 2.05) is 0 Å². The molecule has 0 N–H and O–H groups in total. The molecule has 0 saturated heterocycles. The topological polar surface area (TPSA) is 9.86 Å². The van der Waals surface area contributed by atoms with Crippen LogP contribution in [0.2, 0.25) is 0 Å². The van der Waals surface area contributed by atoms with Gasteiger partial charge in [-0.15, -0.1) is 0 Å². The number of rotatable bonds is 0. The molecule has 0 aliphatic carbocycles. The van der Waals surface area contributed by atoms with Crippen molar-refractivity contribution in [2.24, 2.45) is 14.1 Å². The highest BCUT2D eigenvalue weighted by atomic mass is 14.9. The van der Waals surface area contributed by atoms with E-state index >= 15 is 0 Å². The number of para-hydroxylation sites is 2. The maximum absolute atomic E-state index is 2.20. The van der Waals surface area contributed by atoms with Crippen molar-refractivity contribution >= 4 is 21.8 Å². The Morgan fingerprint density at radius 3 is 2.09 bits per heavy atom. The van der Waals surface area contributed by atoms with Crippen LogP contribution in [-0.2, 0) is 14.1 Å². The zero-order valence-corrected chi connectivity index (χ0v) is 13.7. The number of nitrogens with zero attached hydrogens (tertiary/aromatic N) is 2. The lowest BCUT2D eigenvalue weighted by Crippen LogP contribution is -1.88. The fourth-order valence-corrected chi connectivity index (χ4v) is 2.97. The van der Waals surface area contributed by atoms with Gasteiger partial charge in [0.25, 0.3) is 0 Å². The molecule has 22 heavy (non-hydrogen) atoms. The summed E-state index contributed by atoms with van der Waals surface area (Å²) in [6.45, 7) is 4.27. The van der Waals surface area contributed by atoms with Crippen LogP contribution in [0.3, 0.4) is 0 Å². The second-order valence-electron chi connectivity index (χ2n) is 5.84. The van der Waals surface area contributed by atoms with E-state index in [1.54, 1.807) is 0 Å². The minimum Gasteiger partial charge on any atom is -0.350 e. The number of aryl methyl sites for hydroxylation is 4. The SMILES string of the molecule is Cc1cc2ccccc2n1C.Cc1cn(C)c2ccccc12. The normalized spacial score (nSPS) is 10.7. The molecule has 0 bridgehead atoms. The molecule has 2 nitrogen and oxygen atoms in total. The summed E-state index contributed by atoms with van der Waals surface area (Å²) in [6, 6.07) is 19.1. The largest absolute Gasteiger partial charge is 0.350 e. The first-order valence-electron chi connectivity index (χ1n) is 7.59. The van der Waals surface area contributed by atoms with Gasteiger partial charge in [-0.3, -0.25) is 0 Å². The van der Waals surface area contributed by atoms with Gasteiger partial charge in [0.1, 0.15) is 0 Å². The lowest BCUT2D eigenvalue weighted by Gasteiger charge is -1.96. The summed E-state index contributed by atoms with van der Waals surface area (Å²) in [5.74, 6) is 0. The van der Waals surface area contributed by atoms with Crippen molar-refractivity contribution in [1.29, 1.82) is 0 Å². The van der Waals surface area contributed by atoms with Gasteiger partial charge in [-0.25, -0.2) is 0 Å². The second kappa shape index (κ2) is 5.72. The van der Waals surface area contributed by atoms with Crippen molar-refractivity contribution in [2.75, 3.05) is 0 Å². The van der Waals surface area contributed by atoms with Crippen molar-refractivity contribution < 1.29 is 0 Å². The van der Waals surface area contributed by atoms with Gasteiger partial charge in [-0.2, -0.15) is 0 Å². The maximum Gasteiger partial charge on any atom is 0.0480 e. The van der Waals surface area contributed by atoms with E-state index in [2.05, 4.69) is 97.9 Å². The smallest absolute Gasteiger partial charge is 0.0480 e. The van der Waals surface area contributed by atoms with Crippen molar-refractivity contribution in [3.63, 3.8) is 0 Å². The Kier molecular flexibility index (Phi) is 3.76. The molecular formula is C20H22N2. The molecule has 0 amide bonds. The highest BCUT2D eigenvalue weighted by Gasteiger charge is 1.99.